The minimum atomic E-state index is -0.826. The summed E-state index contributed by atoms with van der Waals surface area (Å²) >= 11 is 0. The Balaban J connectivity index is 1.74. The monoisotopic (exact) mass is 294 g/mol. The van der Waals surface area contributed by atoms with Crippen LogP contribution in [0, 0.1) is 0 Å². The number of carboxylic acid groups (broad SMARTS) is 1. The fraction of sp³-hybridized carbons (Fsp3) is 0.222. The quantitative estimate of drug-likeness (QED) is 0.839. The van der Waals surface area contributed by atoms with E-state index in [0.717, 1.165) is 21.7 Å². The van der Waals surface area contributed by atoms with E-state index in [9.17, 15) is 9.90 Å². The molecule has 2 aromatic carbocycles. The molecule has 0 saturated carbocycles. The highest BCUT2D eigenvalue weighted by atomic mass is 16.4. The van der Waals surface area contributed by atoms with Gasteiger partial charge < -0.3 is 10.4 Å². The number of benzene rings is 2. The molecule has 0 radical (unpaired) electrons. The summed E-state index contributed by atoms with van der Waals surface area (Å²) in [6.45, 7) is 1.14. The maximum atomic E-state index is 11.5. The topological polar surface area (TPSA) is 61.7 Å². The van der Waals surface area contributed by atoms with Crippen LogP contribution in [0.2, 0.25) is 0 Å². The zero-order valence-electron chi connectivity index (χ0n) is 12.2. The molecule has 0 fully saturated rings. The van der Waals surface area contributed by atoms with Gasteiger partial charge in [-0.1, -0.05) is 48.5 Å². The van der Waals surface area contributed by atoms with Crippen molar-refractivity contribution in [2.75, 3.05) is 6.54 Å². The third-order valence-corrected chi connectivity index (χ3v) is 3.87. The highest BCUT2D eigenvalue weighted by Crippen LogP contribution is 2.09. The Labute approximate surface area is 128 Å². The lowest BCUT2D eigenvalue weighted by Crippen LogP contribution is -2.37. The minimum Gasteiger partial charge on any atom is -0.480 e. The van der Waals surface area contributed by atoms with E-state index in [1.807, 2.05) is 54.6 Å². The maximum absolute atomic E-state index is 11.5. The van der Waals surface area contributed by atoms with E-state index in [4.69, 9.17) is 0 Å². The number of nitrogens with zero attached hydrogens (tertiary/aromatic N) is 1. The minimum absolute atomic E-state index is 0.475. The van der Waals surface area contributed by atoms with Gasteiger partial charge in [0.1, 0.15) is 6.04 Å². The van der Waals surface area contributed by atoms with Crippen molar-refractivity contribution in [1.82, 2.24) is 5.32 Å². The Kier molecular flexibility index (Phi) is 4.30. The molecule has 4 heteroatoms. The lowest BCUT2D eigenvalue weighted by molar-refractivity contribution is -0.139. The first-order valence-corrected chi connectivity index (χ1v) is 7.36. The van der Waals surface area contributed by atoms with E-state index >= 15 is 0 Å². The number of hydrogen-bond donors (Lipinski definition) is 2. The molecule has 0 aromatic heterocycles. The van der Waals surface area contributed by atoms with Crippen molar-refractivity contribution in [3.63, 3.8) is 0 Å². The summed E-state index contributed by atoms with van der Waals surface area (Å²) < 4.78 is 0. The summed E-state index contributed by atoms with van der Waals surface area (Å²) in [5.41, 5.74) is 2.17. The molecule has 2 N–H and O–H groups in total. The number of carboxylic acids is 1. The molecule has 0 aliphatic carbocycles. The molecule has 1 aliphatic heterocycles. The molecular formula is C18H18N2O2. The zero-order valence-corrected chi connectivity index (χ0v) is 12.2. The molecule has 0 spiro atoms. The van der Waals surface area contributed by atoms with Crippen molar-refractivity contribution in [2.24, 2.45) is 4.99 Å². The van der Waals surface area contributed by atoms with Crippen LogP contribution in [0.3, 0.4) is 0 Å². The Hall–Kier alpha value is -2.46. The van der Waals surface area contributed by atoms with E-state index in [1.54, 1.807) is 0 Å². The van der Waals surface area contributed by atoms with E-state index in [-0.39, 0.29) is 0 Å². The predicted octanol–water partition coefficient (Wildman–Crippen LogP) is 1.10. The average molecular weight is 294 g/mol. The summed E-state index contributed by atoms with van der Waals surface area (Å²) in [4.78, 5) is 16.0. The normalized spacial score (nSPS) is 14.3. The smallest absolute Gasteiger partial charge is 0.321 e. The van der Waals surface area contributed by atoms with E-state index in [0.29, 0.717) is 19.5 Å². The van der Waals surface area contributed by atoms with Gasteiger partial charge in [0, 0.05) is 11.8 Å². The van der Waals surface area contributed by atoms with Crippen molar-refractivity contribution in [3.05, 3.63) is 70.7 Å². The second kappa shape index (κ2) is 6.54. The number of hydrogen-bond acceptors (Lipinski definition) is 3. The summed E-state index contributed by atoms with van der Waals surface area (Å²) in [5, 5.41) is 14.6. The molecule has 0 saturated heterocycles. The molecular weight excluding hydrogens is 276 g/mol. The van der Waals surface area contributed by atoms with Crippen molar-refractivity contribution in [1.29, 1.82) is 0 Å². The fourth-order valence-electron chi connectivity index (χ4n) is 2.68. The Morgan fingerprint density at radius 3 is 2.64 bits per heavy atom. The van der Waals surface area contributed by atoms with Gasteiger partial charge in [-0.25, -0.2) is 0 Å². The van der Waals surface area contributed by atoms with Gasteiger partial charge in [-0.2, -0.15) is 0 Å². The molecule has 3 rings (SSSR count). The average Bonchev–Trinajstić information content (AvgIpc) is 2.95. The first-order chi connectivity index (χ1) is 10.7. The lowest BCUT2D eigenvalue weighted by atomic mass is 10.0. The summed E-state index contributed by atoms with van der Waals surface area (Å²) in [6, 6.07) is 17.1. The second-order valence-electron chi connectivity index (χ2n) is 5.40. The first kappa shape index (κ1) is 14.5. The van der Waals surface area contributed by atoms with Crippen LogP contribution < -0.4 is 15.9 Å². The van der Waals surface area contributed by atoms with Crippen LogP contribution in [0.5, 0.6) is 0 Å². The van der Waals surface area contributed by atoms with Crippen LogP contribution in [0.25, 0.3) is 5.57 Å². The Bertz CT molecular complexity index is 784. The molecule has 1 unspecified atom stereocenters. The van der Waals surface area contributed by atoms with Crippen LogP contribution >= 0.6 is 0 Å². The van der Waals surface area contributed by atoms with E-state index < -0.39 is 12.0 Å². The van der Waals surface area contributed by atoms with Crippen molar-refractivity contribution in [2.45, 2.75) is 19.0 Å². The van der Waals surface area contributed by atoms with Crippen molar-refractivity contribution < 1.29 is 9.90 Å². The van der Waals surface area contributed by atoms with E-state index in [1.165, 1.54) is 0 Å². The van der Waals surface area contributed by atoms with Gasteiger partial charge in [0.2, 0.25) is 0 Å². The largest absolute Gasteiger partial charge is 0.480 e. The lowest BCUT2D eigenvalue weighted by Gasteiger charge is -2.15. The number of fused-ring (bicyclic) bond motifs is 1. The second-order valence-corrected chi connectivity index (χ2v) is 5.40. The van der Waals surface area contributed by atoms with Gasteiger partial charge in [-0.05, 0) is 23.6 Å². The highest BCUT2D eigenvalue weighted by Gasteiger charge is 2.20. The molecule has 2 aromatic rings. The van der Waals surface area contributed by atoms with Gasteiger partial charge in [-0.3, -0.25) is 9.79 Å². The van der Waals surface area contributed by atoms with Crippen molar-refractivity contribution in [3.8, 4) is 0 Å². The molecule has 112 valence electrons. The number of aliphatic carboxylic acids is 1. The van der Waals surface area contributed by atoms with Gasteiger partial charge in [-0.15, -0.1) is 0 Å². The highest BCUT2D eigenvalue weighted by molar-refractivity contribution is 5.75. The van der Waals surface area contributed by atoms with Gasteiger partial charge in [0.05, 0.1) is 11.9 Å². The molecule has 0 bridgehead atoms. The van der Waals surface area contributed by atoms with Gasteiger partial charge in [0.25, 0.3) is 0 Å². The molecule has 1 atom stereocenters. The number of rotatable bonds is 6. The summed E-state index contributed by atoms with van der Waals surface area (Å²) in [6.07, 6.45) is 0.475. The first-order valence-electron chi connectivity index (χ1n) is 7.36. The molecule has 1 heterocycles. The van der Waals surface area contributed by atoms with E-state index in [2.05, 4.69) is 10.3 Å². The molecule has 1 aliphatic rings. The van der Waals surface area contributed by atoms with Gasteiger partial charge in [0.15, 0.2) is 0 Å². The predicted molar refractivity (Wildman–Crippen MR) is 84.8 cm³/mol. The summed E-state index contributed by atoms with van der Waals surface area (Å²) in [5.74, 6) is -0.826. The van der Waals surface area contributed by atoms with Crippen molar-refractivity contribution >= 4 is 11.5 Å². The molecule has 4 nitrogen and oxygen atoms in total. The standard InChI is InChI=1S/C18H18N2O2/c21-18(22)17(19-11-13-6-2-1-3-7-13)10-14-12-20-16-9-5-4-8-15(14)16/h1-9,17,19H,10-12H2,(H,21,22). The van der Waals surface area contributed by atoms with Crippen LogP contribution in [0.4, 0.5) is 0 Å². The molecule has 0 amide bonds. The van der Waals surface area contributed by atoms with Gasteiger partial charge >= 0.3 is 5.97 Å². The van der Waals surface area contributed by atoms with Crippen LogP contribution in [0.1, 0.15) is 12.0 Å². The van der Waals surface area contributed by atoms with Crippen LogP contribution in [-0.2, 0) is 11.3 Å². The number of nitrogens with one attached hydrogen (secondary N) is 1. The maximum Gasteiger partial charge on any atom is 0.321 e. The molecule has 22 heavy (non-hydrogen) atoms. The third-order valence-electron chi connectivity index (χ3n) is 3.87. The Morgan fingerprint density at radius 1 is 1.14 bits per heavy atom. The van der Waals surface area contributed by atoms with Crippen LogP contribution in [0.15, 0.2) is 59.6 Å². The number of para-hydroxylation sites is 1. The summed E-state index contributed by atoms with van der Waals surface area (Å²) in [7, 11) is 0. The third kappa shape index (κ3) is 3.23. The van der Waals surface area contributed by atoms with Crippen LogP contribution in [-0.4, -0.2) is 23.7 Å². The number of carbonyl (C=O) groups is 1. The fourth-order valence-corrected chi connectivity index (χ4v) is 2.68. The SMILES string of the molecule is O=C(O)C(CC1=c2ccccc2=NC1)NCc1ccccc1. The Morgan fingerprint density at radius 2 is 1.86 bits per heavy atom. The zero-order chi connectivity index (χ0) is 15.4.